The first-order valence-corrected chi connectivity index (χ1v) is 8.49. The Morgan fingerprint density at radius 1 is 1.33 bits per heavy atom. The molecular formula is C20H23FeN3O3. The summed E-state index contributed by atoms with van der Waals surface area (Å²) in [5.74, 6) is 0.250. The fraction of sp³-hybridized carbons (Fsp3) is 0.300. The number of nitrogens with zero attached hydrogens (tertiary/aromatic N) is 2. The predicted octanol–water partition coefficient (Wildman–Crippen LogP) is 3.38. The molecule has 3 aromatic rings. The van der Waals surface area contributed by atoms with Gasteiger partial charge in [0.15, 0.2) is 0 Å². The van der Waals surface area contributed by atoms with Gasteiger partial charge in [0.1, 0.15) is 11.4 Å². The van der Waals surface area contributed by atoms with Crippen molar-refractivity contribution in [2.24, 2.45) is 0 Å². The van der Waals surface area contributed by atoms with E-state index >= 15 is 0 Å². The zero-order chi connectivity index (χ0) is 18.8. The largest absolute Gasteiger partial charge is 0.480 e. The Bertz CT molecular complexity index is 1050. The number of benzene rings is 1. The topological polar surface area (TPSA) is 80.1 Å². The van der Waals surface area contributed by atoms with E-state index in [1.54, 1.807) is 6.92 Å². The first-order chi connectivity index (χ1) is 12.4. The monoisotopic (exact) mass is 409 g/mol. The van der Waals surface area contributed by atoms with Crippen LogP contribution in [0.2, 0.25) is 0 Å². The summed E-state index contributed by atoms with van der Waals surface area (Å²) in [4.78, 5) is 19.5. The van der Waals surface area contributed by atoms with Crippen LogP contribution < -0.4 is 10.3 Å². The second-order valence-electron chi connectivity index (χ2n) is 6.59. The molecule has 0 spiro atoms. The minimum atomic E-state index is -0.537. The van der Waals surface area contributed by atoms with Gasteiger partial charge in [-0.1, -0.05) is 29.8 Å². The number of aromatic amines is 1. The van der Waals surface area contributed by atoms with Crippen LogP contribution in [0.5, 0.6) is 5.88 Å². The third kappa shape index (κ3) is 4.10. The molecule has 0 saturated carbocycles. The summed E-state index contributed by atoms with van der Waals surface area (Å²) in [6.45, 7) is 5.71. The van der Waals surface area contributed by atoms with Crippen molar-refractivity contribution in [2.45, 2.75) is 33.6 Å². The molecule has 2 aromatic heterocycles. The van der Waals surface area contributed by atoms with Crippen molar-refractivity contribution >= 4 is 10.9 Å². The van der Waals surface area contributed by atoms with Gasteiger partial charge < -0.3 is 14.9 Å². The number of methoxy groups -OCH3 is 1. The van der Waals surface area contributed by atoms with Crippen molar-refractivity contribution in [2.75, 3.05) is 7.11 Å². The van der Waals surface area contributed by atoms with Crippen LogP contribution in [0.15, 0.2) is 40.8 Å². The summed E-state index contributed by atoms with van der Waals surface area (Å²) < 4.78 is 5.89. The molecule has 0 unspecified atom stereocenters. The van der Waals surface area contributed by atoms with Crippen LogP contribution in [0.25, 0.3) is 10.9 Å². The average molecular weight is 409 g/mol. The Morgan fingerprint density at radius 3 is 2.74 bits per heavy atom. The number of fused-ring (bicyclic) bond motifs is 1. The summed E-state index contributed by atoms with van der Waals surface area (Å²) in [5.41, 5.74) is 4.48. The summed E-state index contributed by atoms with van der Waals surface area (Å²) in [6, 6.07) is 6.14. The van der Waals surface area contributed by atoms with E-state index in [1.807, 2.05) is 18.3 Å². The normalized spacial score (nSPS) is 10.5. The fourth-order valence-corrected chi connectivity index (χ4v) is 3.03. The quantitative estimate of drug-likeness (QED) is 0.385. The Hall–Kier alpha value is -2.50. The fourth-order valence-electron chi connectivity index (χ4n) is 3.03. The van der Waals surface area contributed by atoms with Gasteiger partial charge in [-0.3, -0.25) is 4.79 Å². The van der Waals surface area contributed by atoms with E-state index < -0.39 is 5.56 Å². The number of nitrogens with one attached hydrogen (secondary N) is 1. The summed E-state index contributed by atoms with van der Waals surface area (Å²) >= 11 is 0. The zero-order valence-electron chi connectivity index (χ0n) is 15.8. The molecule has 2 heterocycles. The Morgan fingerprint density at radius 2 is 2.07 bits per heavy atom. The second-order valence-corrected chi connectivity index (χ2v) is 6.59. The maximum atomic E-state index is 12.0. The summed E-state index contributed by atoms with van der Waals surface area (Å²) in [6.07, 6.45) is 5.27. The van der Waals surface area contributed by atoms with Crippen molar-refractivity contribution < 1.29 is 27.0 Å². The predicted molar refractivity (Wildman–Crippen MR) is 101 cm³/mol. The van der Waals surface area contributed by atoms with E-state index in [0.29, 0.717) is 16.8 Å². The molecular weight excluding hydrogens is 386 g/mol. The van der Waals surface area contributed by atoms with Crippen molar-refractivity contribution in [3.05, 3.63) is 68.9 Å². The van der Waals surface area contributed by atoms with Crippen LogP contribution in [0, 0.1) is 6.92 Å². The number of rotatable bonds is 5. The molecule has 0 saturated heterocycles. The van der Waals surface area contributed by atoms with E-state index in [0.717, 1.165) is 22.9 Å². The molecule has 7 heteroatoms. The number of para-hydroxylation sites is 1. The van der Waals surface area contributed by atoms with Gasteiger partial charge in [-0.15, -0.1) is 4.73 Å². The minimum Gasteiger partial charge on any atom is -0.480 e. The third-order valence-electron chi connectivity index (χ3n) is 4.44. The van der Waals surface area contributed by atoms with Gasteiger partial charge in [0.25, 0.3) is 0 Å². The maximum absolute atomic E-state index is 12.0. The van der Waals surface area contributed by atoms with Gasteiger partial charge in [-0.05, 0) is 38.3 Å². The van der Waals surface area contributed by atoms with Crippen LogP contribution >= 0.6 is 0 Å². The molecule has 0 aliphatic heterocycles. The number of ether oxygens (including phenoxy) is 1. The van der Waals surface area contributed by atoms with Gasteiger partial charge in [0.2, 0.25) is 5.88 Å². The van der Waals surface area contributed by atoms with Crippen molar-refractivity contribution in [1.82, 2.24) is 14.7 Å². The second kappa shape index (κ2) is 8.46. The van der Waals surface area contributed by atoms with Gasteiger partial charge in [0.05, 0.1) is 7.11 Å². The van der Waals surface area contributed by atoms with Gasteiger partial charge in [-0.2, -0.15) is 0 Å². The van der Waals surface area contributed by atoms with Gasteiger partial charge in [-0.25, -0.2) is 4.98 Å². The van der Waals surface area contributed by atoms with Crippen LogP contribution in [0.4, 0.5) is 0 Å². The number of hydrogen-bond donors (Lipinski definition) is 2. The number of H-pyrrole nitrogens is 1. The first-order valence-electron chi connectivity index (χ1n) is 8.49. The molecule has 27 heavy (non-hydrogen) atoms. The van der Waals surface area contributed by atoms with Crippen LogP contribution in [0.3, 0.4) is 0 Å². The third-order valence-corrected chi connectivity index (χ3v) is 4.44. The molecule has 144 valence electrons. The molecule has 0 radical (unpaired) electrons. The molecule has 2 N–H and O–H groups in total. The van der Waals surface area contributed by atoms with Crippen molar-refractivity contribution in [1.29, 1.82) is 0 Å². The first kappa shape index (κ1) is 20.8. The summed E-state index contributed by atoms with van der Waals surface area (Å²) in [7, 11) is 1.47. The molecule has 0 fully saturated rings. The van der Waals surface area contributed by atoms with Crippen LogP contribution in [0.1, 0.15) is 36.4 Å². The van der Waals surface area contributed by atoms with Gasteiger partial charge in [0, 0.05) is 40.6 Å². The van der Waals surface area contributed by atoms with E-state index in [2.05, 4.69) is 36.0 Å². The van der Waals surface area contributed by atoms with E-state index in [-0.39, 0.29) is 28.6 Å². The minimum absolute atomic E-state index is 0. The molecule has 0 bridgehead atoms. The molecule has 0 amide bonds. The van der Waals surface area contributed by atoms with Gasteiger partial charge >= 0.3 is 5.56 Å². The Balaban J connectivity index is 0.00000261. The van der Waals surface area contributed by atoms with E-state index in [9.17, 15) is 10.0 Å². The van der Waals surface area contributed by atoms with Crippen LogP contribution in [-0.4, -0.2) is 27.0 Å². The Labute approximate surface area is 168 Å². The molecule has 1 aromatic carbocycles. The number of hydrogen-bond acceptors (Lipinski definition) is 4. The molecule has 3 rings (SSSR count). The van der Waals surface area contributed by atoms with Crippen molar-refractivity contribution in [3.63, 3.8) is 0 Å². The average Bonchev–Trinajstić information content (AvgIpc) is 3.03. The standard InChI is InChI=1S/C20H23N3O3.Fe/c1-12(2)8-9-14-6-5-7-16-15(11-21-18(14)16)10-17-19(26-4)22-13(3)20(24)23(17)25;/h5-8,11,21,25H,9-10H2,1-4H3;. The number of aromatic nitrogens is 3. The number of aryl methyl sites for hydroxylation is 1. The molecule has 0 atom stereocenters. The maximum Gasteiger partial charge on any atom is 0.304 e. The SMILES string of the molecule is COc1nc(C)c(=O)n(O)c1Cc1c[nH]c2c(CC=C(C)C)cccc12.[Fe]. The van der Waals surface area contributed by atoms with Crippen LogP contribution in [-0.2, 0) is 29.9 Å². The van der Waals surface area contributed by atoms with E-state index in [1.165, 1.54) is 18.2 Å². The molecule has 6 nitrogen and oxygen atoms in total. The number of allylic oxidation sites excluding steroid dienone is 2. The summed E-state index contributed by atoms with van der Waals surface area (Å²) in [5, 5.41) is 11.3. The zero-order valence-corrected chi connectivity index (χ0v) is 16.9. The van der Waals surface area contributed by atoms with E-state index in [4.69, 9.17) is 4.74 Å². The molecule has 0 aliphatic rings. The van der Waals surface area contributed by atoms with Crippen molar-refractivity contribution in [3.8, 4) is 5.88 Å². The molecule has 0 aliphatic carbocycles. The smallest absolute Gasteiger partial charge is 0.304 e. The Kier molecular flexibility index (Phi) is 6.52.